The van der Waals surface area contributed by atoms with Crippen LogP contribution in [0.25, 0.3) is 0 Å². The van der Waals surface area contributed by atoms with Gasteiger partial charge >= 0.3 is 0 Å². The van der Waals surface area contributed by atoms with Gasteiger partial charge in [0.15, 0.2) is 0 Å². The third-order valence-electron chi connectivity index (χ3n) is 3.02. The van der Waals surface area contributed by atoms with Crippen LogP contribution in [0.15, 0.2) is 55.2 Å². The first-order valence-electron chi connectivity index (χ1n) is 6.64. The molecule has 4 nitrogen and oxygen atoms in total. The van der Waals surface area contributed by atoms with Crippen LogP contribution < -0.4 is 11.1 Å². The average Bonchev–Trinajstić information content (AvgIpc) is 2.41. The lowest BCUT2D eigenvalue weighted by Crippen LogP contribution is -2.26. The maximum atomic E-state index is 12.1. The second kappa shape index (κ2) is 6.90. The summed E-state index contributed by atoms with van der Waals surface area (Å²) in [6.45, 7) is 10.9. The Morgan fingerprint density at radius 2 is 2.10 bits per heavy atom. The first kappa shape index (κ1) is 16.7. The van der Waals surface area contributed by atoms with Crippen molar-refractivity contribution in [1.82, 2.24) is 5.32 Å². The van der Waals surface area contributed by atoms with Crippen molar-refractivity contribution in [2.75, 3.05) is 12.3 Å². The van der Waals surface area contributed by atoms with E-state index in [-0.39, 0.29) is 5.91 Å². The summed E-state index contributed by atoms with van der Waals surface area (Å²) in [5, 5.41) is 12.7. The molecule has 4 heteroatoms. The van der Waals surface area contributed by atoms with Crippen molar-refractivity contribution in [1.29, 1.82) is 0 Å². The highest BCUT2D eigenvalue weighted by atomic mass is 16.3. The monoisotopic (exact) mass is 286 g/mol. The zero-order valence-electron chi connectivity index (χ0n) is 12.5. The Balaban J connectivity index is 2.85. The number of nitrogens with two attached hydrogens (primary N) is 1. The van der Waals surface area contributed by atoms with Gasteiger partial charge in [-0.15, -0.1) is 0 Å². The van der Waals surface area contributed by atoms with Crippen molar-refractivity contribution in [3.8, 4) is 0 Å². The van der Waals surface area contributed by atoms with Gasteiger partial charge in [0.1, 0.15) is 0 Å². The number of carbonyl (C=O) groups is 1. The molecule has 0 aliphatic heterocycles. The quantitative estimate of drug-likeness (QED) is 0.555. The normalized spacial score (nSPS) is 11.9. The lowest BCUT2D eigenvalue weighted by Gasteiger charge is -2.20. The summed E-state index contributed by atoms with van der Waals surface area (Å²) in [6.07, 6.45) is 5.08. The zero-order chi connectivity index (χ0) is 16.0. The van der Waals surface area contributed by atoms with E-state index < -0.39 is 5.60 Å². The molecule has 1 rings (SSSR count). The number of allylic oxidation sites excluding steroid dienone is 2. The number of nitrogen functional groups attached to an aromatic ring is 1. The number of benzene rings is 1. The molecule has 0 bridgehead atoms. The molecule has 0 aliphatic rings. The molecule has 0 fully saturated rings. The molecule has 0 aliphatic carbocycles. The number of hydrogen-bond donors (Lipinski definition) is 3. The fraction of sp³-hybridized carbons (Fsp3) is 0.235. The number of carbonyl (C=O) groups excluding carboxylic acids is 1. The molecule has 0 spiro atoms. The average molecular weight is 286 g/mol. The van der Waals surface area contributed by atoms with Crippen LogP contribution in [0.2, 0.25) is 0 Å². The van der Waals surface area contributed by atoms with E-state index in [4.69, 9.17) is 5.73 Å². The molecule has 0 saturated heterocycles. The largest absolute Gasteiger partial charge is 0.398 e. The van der Waals surface area contributed by atoms with Crippen LogP contribution >= 0.6 is 0 Å². The highest BCUT2D eigenvalue weighted by Gasteiger charge is 2.20. The Morgan fingerprint density at radius 3 is 2.57 bits per heavy atom. The third kappa shape index (κ3) is 4.61. The Bertz CT molecular complexity index is 581. The van der Waals surface area contributed by atoms with Crippen molar-refractivity contribution >= 4 is 11.6 Å². The number of hydrogen-bond acceptors (Lipinski definition) is 3. The van der Waals surface area contributed by atoms with Crippen LogP contribution in [0.3, 0.4) is 0 Å². The summed E-state index contributed by atoms with van der Waals surface area (Å²) in [4.78, 5) is 12.1. The van der Waals surface area contributed by atoms with Crippen molar-refractivity contribution < 1.29 is 9.90 Å². The van der Waals surface area contributed by atoms with Crippen LogP contribution in [-0.2, 0) is 5.60 Å². The molecular formula is C17H22N2O2. The van der Waals surface area contributed by atoms with Crippen LogP contribution in [0.1, 0.15) is 29.8 Å². The van der Waals surface area contributed by atoms with Gasteiger partial charge in [-0.05, 0) is 31.6 Å². The van der Waals surface area contributed by atoms with Crippen molar-refractivity contribution in [3.05, 3.63) is 66.3 Å². The molecule has 112 valence electrons. The maximum absolute atomic E-state index is 12.1. The summed E-state index contributed by atoms with van der Waals surface area (Å²) in [6, 6.07) is 4.87. The summed E-state index contributed by atoms with van der Waals surface area (Å²) in [7, 11) is 0. The number of nitrogens with one attached hydrogen (secondary N) is 1. The molecule has 1 amide bonds. The number of anilines is 1. The van der Waals surface area contributed by atoms with E-state index in [1.54, 1.807) is 50.3 Å². The first-order chi connectivity index (χ1) is 9.79. The minimum atomic E-state index is -1.04. The highest BCUT2D eigenvalue weighted by molar-refractivity contribution is 5.95. The van der Waals surface area contributed by atoms with Gasteiger partial charge in [-0.3, -0.25) is 4.79 Å². The number of amides is 1. The van der Waals surface area contributed by atoms with Gasteiger partial charge in [0, 0.05) is 23.4 Å². The molecule has 0 heterocycles. The van der Waals surface area contributed by atoms with E-state index in [0.29, 0.717) is 23.4 Å². The smallest absolute Gasteiger partial charge is 0.251 e. The molecule has 21 heavy (non-hydrogen) atoms. The van der Waals surface area contributed by atoms with E-state index >= 15 is 0 Å². The molecule has 0 saturated carbocycles. The SMILES string of the molecule is C=C/C=C(\C=C)CNC(=O)c1ccc(C(C)(C)O)c(N)c1. The molecular weight excluding hydrogens is 264 g/mol. The molecule has 0 atom stereocenters. The molecule has 0 aromatic heterocycles. The number of aliphatic hydroxyl groups is 1. The number of rotatable bonds is 6. The van der Waals surface area contributed by atoms with E-state index in [1.807, 2.05) is 0 Å². The van der Waals surface area contributed by atoms with Gasteiger partial charge in [-0.25, -0.2) is 0 Å². The van der Waals surface area contributed by atoms with E-state index in [9.17, 15) is 9.90 Å². The van der Waals surface area contributed by atoms with Gasteiger partial charge in [0.25, 0.3) is 5.91 Å². The van der Waals surface area contributed by atoms with Gasteiger partial charge < -0.3 is 16.2 Å². The topological polar surface area (TPSA) is 75.3 Å². The lowest BCUT2D eigenvalue weighted by molar-refractivity contribution is 0.0792. The summed E-state index contributed by atoms with van der Waals surface area (Å²) in [5.74, 6) is -0.235. The molecule has 0 unspecified atom stereocenters. The van der Waals surface area contributed by atoms with Gasteiger partial charge in [0.2, 0.25) is 0 Å². The molecule has 1 aromatic rings. The van der Waals surface area contributed by atoms with Crippen LogP contribution in [0.5, 0.6) is 0 Å². The first-order valence-corrected chi connectivity index (χ1v) is 6.64. The Kier molecular flexibility index (Phi) is 5.50. The molecule has 4 N–H and O–H groups in total. The van der Waals surface area contributed by atoms with E-state index in [0.717, 1.165) is 5.57 Å². The standard InChI is InChI=1S/C17H22N2O2/c1-5-7-12(6-2)11-19-16(20)13-8-9-14(15(18)10-13)17(3,4)21/h5-10,21H,1-2,11,18H2,3-4H3,(H,19,20)/b12-7+. The minimum absolute atomic E-state index is 0.235. The maximum Gasteiger partial charge on any atom is 0.251 e. The van der Waals surface area contributed by atoms with Gasteiger partial charge in [-0.2, -0.15) is 0 Å². The Labute approximate surface area is 125 Å². The van der Waals surface area contributed by atoms with Gasteiger partial charge in [0.05, 0.1) is 5.60 Å². The third-order valence-corrected chi connectivity index (χ3v) is 3.02. The fourth-order valence-electron chi connectivity index (χ4n) is 1.90. The minimum Gasteiger partial charge on any atom is -0.398 e. The summed E-state index contributed by atoms with van der Waals surface area (Å²) in [5.41, 5.74) is 7.15. The fourth-order valence-corrected chi connectivity index (χ4v) is 1.90. The summed E-state index contributed by atoms with van der Waals surface area (Å²) >= 11 is 0. The van der Waals surface area contributed by atoms with Crippen molar-refractivity contribution in [2.24, 2.45) is 0 Å². The predicted octanol–water partition coefficient (Wildman–Crippen LogP) is 2.52. The van der Waals surface area contributed by atoms with Crippen LogP contribution in [0, 0.1) is 0 Å². The van der Waals surface area contributed by atoms with E-state index in [1.165, 1.54) is 0 Å². The van der Waals surface area contributed by atoms with Crippen molar-refractivity contribution in [3.63, 3.8) is 0 Å². The summed E-state index contributed by atoms with van der Waals surface area (Å²) < 4.78 is 0. The molecule has 0 radical (unpaired) electrons. The van der Waals surface area contributed by atoms with Crippen LogP contribution in [-0.4, -0.2) is 17.6 Å². The Morgan fingerprint density at radius 1 is 1.43 bits per heavy atom. The molecule has 1 aromatic carbocycles. The lowest BCUT2D eigenvalue weighted by atomic mass is 9.95. The second-order valence-corrected chi connectivity index (χ2v) is 5.23. The zero-order valence-corrected chi connectivity index (χ0v) is 12.5. The highest BCUT2D eigenvalue weighted by Crippen LogP contribution is 2.26. The predicted molar refractivity (Wildman–Crippen MR) is 86.9 cm³/mol. The van der Waals surface area contributed by atoms with Crippen LogP contribution in [0.4, 0.5) is 5.69 Å². The van der Waals surface area contributed by atoms with Gasteiger partial charge in [-0.1, -0.05) is 37.5 Å². The Hall–Kier alpha value is -2.33. The van der Waals surface area contributed by atoms with E-state index in [2.05, 4.69) is 18.5 Å². The van der Waals surface area contributed by atoms with Crippen molar-refractivity contribution in [2.45, 2.75) is 19.4 Å². The second-order valence-electron chi connectivity index (χ2n) is 5.23.